The summed E-state index contributed by atoms with van der Waals surface area (Å²) in [6.07, 6.45) is -2.79. The van der Waals surface area contributed by atoms with Gasteiger partial charge in [0.05, 0.1) is 11.4 Å². The molecule has 2 aliphatic rings. The molecule has 1 aromatic heterocycles. The highest BCUT2D eigenvalue weighted by molar-refractivity contribution is 5.99. The standard InChI is InChI=1S/C20H20F3N5O3/c21-20(22,23)15-7-6-12(18(27-15)28-8-1-2-9-28)10-24-19(30)26-14-5-3-4-13-17(14)31-11-16(29)25-13/h3-7H,1-2,8-11H2,(H,25,29)(H2,24,26,30). The fraction of sp³-hybridized carbons (Fsp3) is 0.350. The van der Waals surface area contributed by atoms with E-state index in [1.165, 1.54) is 6.07 Å². The number of nitrogens with zero attached hydrogens (tertiary/aromatic N) is 2. The van der Waals surface area contributed by atoms with Crippen molar-refractivity contribution in [3.05, 3.63) is 41.6 Å². The van der Waals surface area contributed by atoms with E-state index >= 15 is 0 Å². The average Bonchev–Trinajstić information content (AvgIpc) is 3.26. The van der Waals surface area contributed by atoms with Crippen molar-refractivity contribution in [2.45, 2.75) is 25.6 Å². The summed E-state index contributed by atoms with van der Waals surface area (Å²) in [4.78, 5) is 29.5. The van der Waals surface area contributed by atoms with Gasteiger partial charge in [0, 0.05) is 25.2 Å². The zero-order valence-electron chi connectivity index (χ0n) is 16.4. The third-order valence-electron chi connectivity index (χ3n) is 4.98. The van der Waals surface area contributed by atoms with Gasteiger partial charge in [-0.05, 0) is 31.0 Å². The van der Waals surface area contributed by atoms with Crippen LogP contribution >= 0.6 is 0 Å². The molecule has 0 unspecified atom stereocenters. The first-order valence-corrected chi connectivity index (χ1v) is 9.74. The Bertz CT molecular complexity index is 1010. The summed E-state index contributed by atoms with van der Waals surface area (Å²) < 4.78 is 44.7. The molecule has 3 heterocycles. The molecule has 1 aromatic carbocycles. The third-order valence-corrected chi connectivity index (χ3v) is 4.98. The van der Waals surface area contributed by atoms with Gasteiger partial charge in [-0.2, -0.15) is 13.2 Å². The molecule has 1 saturated heterocycles. The Labute approximate surface area is 175 Å². The van der Waals surface area contributed by atoms with Gasteiger partial charge in [-0.15, -0.1) is 0 Å². The summed E-state index contributed by atoms with van der Waals surface area (Å²) in [5.74, 6) is 0.278. The van der Waals surface area contributed by atoms with Crippen LogP contribution in [0.25, 0.3) is 0 Å². The van der Waals surface area contributed by atoms with E-state index in [2.05, 4.69) is 20.9 Å². The number of halogens is 3. The molecule has 2 aliphatic heterocycles. The minimum atomic E-state index is -4.54. The van der Waals surface area contributed by atoms with E-state index in [0.717, 1.165) is 18.9 Å². The average molecular weight is 435 g/mol. The Morgan fingerprint density at radius 3 is 2.71 bits per heavy atom. The minimum Gasteiger partial charge on any atom is -0.479 e. The van der Waals surface area contributed by atoms with Gasteiger partial charge in [0.15, 0.2) is 12.4 Å². The number of pyridine rings is 1. The number of anilines is 3. The normalized spacial score (nSPS) is 15.7. The molecule has 3 N–H and O–H groups in total. The van der Waals surface area contributed by atoms with Gasteiger partial charge < -0.3 is 25.6 Å². The molecule has 11 heteroatoms. The molecule has 0 radical (unpaired) electrons. The smallest absolute Gasteiger partial charge is 0.433 e. The van der Waals surface area contributed by atoms with Gasteiger partial charge in [0.2, 0.25) is 0 Å². The van der Waals surface area contributed by atoms with Crippen LogP contribution < -0.4 is 25.6 Å². The van der Waals surface area contributed by atoms with Crippen molar-refractivity contribution >= 4 is 29.1 Å². The second-order valence-corrected chi connectivity index (χ2v) is 7.20. The fourth-order valence-electron chi connectivity index (χ4n) is 3.53. The summed E-state index contributed by atoms with van der Waals surface area (Å²) in [5.41, 5.74) is 0.332. The highest BCUT2D eigenvalue weighted by atomic mass is 19.4. The predicted octanol–water partition coefficient (Wildman–Crippen LogP) is 3.35. The van der Waals surface area contributed by atoms with Gasteiger partial charge >= 0.3 is 12.2 Å². The number of urea groups is 1. The van der Waals surface area contributed by atoms with Crippen molar-refractivity contribution in [2.24, 2.45) is 0 Å². The van der Waals surface area contributed by atoms with Gasteiger partial charge in [-0.1, -0.05) is 12.1 Å². The number of amides is 3. The number of benzene rings is 1. The van der Waals surface area contributed by atoms with E-state index in [1.807, 2.05) is 0 Å². The van der Waals surface area contributed by atoms with Crippen LogP contribution in [-0.2, 0) is 17.5 Å². The quantitative estimate of drug-likeness (QED) is 0.685. The minimum absolute atomic E-state index is 0.00454. The highest BCUT2D eigenvalue weighted by Crippen LogP contribution is 2.35. The van der Waals surface area contributed by atoms with Gasteiger partial charge in [0.25, 0.3) is 5.91 Å². The Balaban J connectivity index is 1.47. The number of alkyl halides is 3. The van der Waals surface area contributed by atoms with E-state index < -0.39 is 17.9 Å². The van der Waals surface area contributed by atoms with E-state index in [0.29, 0.717) is 35.8 Å². The molecule has 0 atom stereocenters. The number of hydrogen-bond donors (Lipinski definition) is 3. The topological polar surface area (TPSA) is 95.6 Å². The third kappa shape index (κ3) is 4.65. The van der Waals surface area contributed by atoms with Crippen molar-refractivity contribution in [3.63, 3.8) is 0 Å². The second-order valence-electron chi connectivity index (χ2n) is 7.20. The van der Waals surface area contributed by atoms with Crippen LogP contribution in [0, 0.1) is 0 Å². The van der Waals surface area contributed by atoms with E-state index in [9.17, 15) is 22.8 Å². The number of rotatable bonds is 4. The number of hydrogen-bond acceptors (Lipinski definition) is 5. The van der Waals surface area contributed by atoms with E-state index in [1.54, 1.807) is 23.1 Å². The van der Waals surface area contributed by atoms with Crippen LogP contribution in [0.1, 0.15) is 24.1 Å². The summed E-state index contributed by atoms with van der Waals surface area (Å²) in [5, 5.41) is 7.93. The summed E-state index contributed by atoms with van der Waals surface area (Å²) in [6.45, 7) is 1.07. The van der Waals surface area contributed by atoms with Crippen molar-refractivity contribution in [2.75, 3.05) is 35.2 Å². The van der Waals surface area contributed by atoms with Crippen LogP contribution in [-0.4, -0.2) is 36.6 Å². The largest absolute Gasteiger partial charge is 0.479 e. The number of carbonyl (C=O) groups excluding carboxylic acids is 2. The molecular weight excluding hydrogens is 415 g/mol. The SMILES string of the molecule is O=C1COc2c(cccc2NC(=O)NCc2ccc(C(F)(F)F)nc2N2CCCC2)N1. The molecule has 0 bridgehead atoms. The Morgan fingerprint density at radius 1 is 1.19 bits per heavy atom. The lowest BCUT2D eigenvalue weighted by Gasteiger charge is -2.22. The maximum atomic E-state index is 13.1. The molecule has 4 rings (SSSR count). The number of para-hydroxylation sites is 1. The first kappa shape index (κ1) is 20.8. The lowest BCUT2D eigenvalue weighted by molar-refractivity contribution is -0.141. The number of ether oxygens (including phenoxy) is 1. The molecule has 8 nitrogen and oxygen atoms in total. The molecule has 0 spiro atoms. The Kier molecular flexibility index (Phi) is 5.57. The molecule has 164 valence electrons. The summed E-state index contributed by atoms with van der Waals surface area (Å²) >= 11 is 0. The van der Waals surface area contributed by atoms with Gasteiger partial charge in [-0.3, -0.25) is 4.79 Å². The van der Waals surface area contributed by atoms with Crippen molar-refractivity contribution in [1.82, 2.24) is 10.3 Å². The molecule has 0 saturated carbocycles. The zero-order valence-corrected chi connectivity index (χ0v) is 16.4. The maximum absolute atomic E-state index is 13.1. The van der Waals surface area contributed by atoms with Crippen LogP contribution in [0.3, 0.4) is 0 Å². The van der Waals surface area contributed by atoms with Crippen LogP contribution in [0.5, 0.6) is 5.75 Å². The van der Waals surface area contributed by atoms with Crippen molar-refractivity contribution in [3.8, 4) is 5.75 Å². The van der Waals surface area contributed by atoms with Crippen LogP contribution in [0.4, 0.5) is 35.2 Å². The van der Waals surface area contributed by atoms with Crippen LogP contribution in [0.2, 0.25) is 0 Å². The maximum Gasteiger partial charge on any atom is 0.433 e. The lowest BCUT2D eigenvalue weighted by atomic mass is 10.2. The number of carbonyl (C=O) groups is 2. The van der Waals surface area contributed by atoms with Gasteiger partial charge in [-0.25, -0.2) is 9.78 Å². The van der Waals surface area contributed by atoms with Gasteiger partial charge in [0.1, 0.15) is 11.5 Å². The Hall–Kier alpha value is -3.50. The summed E-state index contributed by atoms with van der Waals surface area (Å²) in [6, 6.07) is 6.60. The van der Waals surface area contributed by atoms with Crippen LogP contribution in [0.15, 0.2) is 30.3 Å². The second kappa shape index (κ2) is 8.32. The molecular formula is C20H20F3N5O3. The number of nitrogens with one attached hydrogen (secondary N) is 3. The fourth-order valence-corrected chi connectivity index (χ4v) is 3.53. The molecule has 2 aromatic rings. The van der Waals surface area contributed by atoms with Crippen molar-refractivity contribution < 1.29 is 27.5 Å². The highest BCUT2D eigenvalue weighted by Gasteiger charge is 2.34. The number of aromatic nitrogens is 1. The lowest BCUT2D eigenvalue weighted by Crippen LogP contribution is -2.31. The Morgan fingerprint density at radius 2 is 1.97 bits per heavy atom. The number of fused-ring (bicyclic) bond motifs is 1. The van der Waals surface area contributed by atoms with E-state index in [-0.39, 0.29) is 24.9 Å². The van der Waals surface area contributed by atoms with Crippen molar-refractivity contribution in [1.29, 1.82) is 0 Å². The molecule has 3 amide bonds. The molecule has 31 heavy (non-hydrogen) atoms. The zero-order chi connectivity index (χ0) is 22.0. The predicted molar refractivity (Wildman–Crippen MR) is 107 cm³/mol. The first-order chi connectivity index (χ1) is 14.8. The van der Waals surface area contributed by atoms with E-state index in [4.69, 9.17) is 4.74 Å². The summed E-state index contributed by atoms with van der Waals surface area (Å²) in [7, 11) is 0. The first-order valence-electron chi connectivity index (χ1n) is 9.74. The molecule has 1 fully saturated rings. The monoisotopic (exact) mass is 435 g/mol. The molecule has 0 aliphatic carbocycles.